The van der Waals surface area contributed by atoms with Crippen molar-refractivity contribution in [1.29, 1.82) is 0 Å². The van der Waals surface area contributed by atoms with Gasteiger partial charge in [-0.2, -0.15) is 15.0 Å². The molecule has 2 rings (SSSR count). The molecule has 0 saturated heterocycles. The van der Waals surface area contributed by atoms with Crippen LogP contribution in [0.5, 0.6) is 5.75 Å². The van der Waals surface area contributed by atoms with Gasteiger partial charge in [0.05, 0.1) is 13.7 Å². The molecule has 3 N–H and O–H groups in total. The Morgan fingerprint density at radius 1 is 1.28 bits per heavy atom. The third-order valence-corrected chi connectivity index (χ3v) is 3.53. The van der Waals surface area contributed by atoms with Crippen molar-refractivity contribution in [3.8, 4) is 5.75 Å². The Labute approximate surface area is 146 Å². The SMILES string of the molecule is COC(=O)[C@H](c1cccc(O)c1)N(C)Cc1nc(N)nc(N(C)C)n1. The molecule has 1 heterocycles. The number of rotatable bonds is 6. The zero-order valence-corrected chi connectivity index (χ0v) is 14.7. The molecular weight excluding hydrogens is 324 g/mol. The number of hydrogen-bond donors (Lipinski definition) is 2. The summed E-state index contributed by atoms with van der Waals surface area (Å²) in [6, 6.07) is 5.74. The average Bonchev–Trinajstić information content (AvgIpc) is 2.54. The number of nitrogens with zero attached hydrogens (tertiary/aromatic N) is 5. The predicted octanol–water partition coefficient (Wildman–Crippen LogP) is 0.571. The van der Waals surface area contributed by atoms with Crippen LogP contribution in [0.4, 0.5) is 11.9 Å². The molecule has 0 unspecified atom stereocenters. The smallest absolute Gasteiger partial charge is 0.327 e. The van der Waals surface area contributed by atoms with Gasteiger partial charge in [0, 0.05) is 14.1 Å². The number of anilines is 2. The topological polar surface area (TPSA) is 118 Å². The van der Waals surface area contributed by atoms with Crippen LogP contribution in [-0.4, -0.2) is 59.2 Å². The van der Waals surface area contributed by atoms with Crippen molar-refractivity contribution in [2.45, 2.75) is 12.6 Å². The van der Waals surface area contributed by atoms with Crippen molar-refractivity contribution >= 4 is 17.9 Å². The zero-order chi connectivity index (χ0) is 18.6. The number of nitrogens with two attached hydrogens (primary N) is 1. The fourth-order valence-corrected chi connectivity index (χ4v) is 2.39. The summed E-state index contributed by atoms with van der Waals surface area (Å²) in [6.07, 6.45) is 0. The van der Waals surface area contributed by atoms with E-state index in [1.807, 2.05) is 0 Å². The van der Waals surface area contributed by atoms with Gasteiger partial charge in [-0.15, -0.1) is 0 Å². The first-order valence-electron chi connectivity index (χ1n) is 7.56. The number of carbonyl (C=O) groups excluding carboxylic acids is 1. The lowest BCUT2D eigenvalue weighted by atomic mass is 10.1. The van der Waals surface area contributed by atoms with Crippen LogP contribution in [0.1, 0.15) is 17.4 Å². The van der Waals surface area contributed by atoms with E-state index in [1.165, 1.54) is 19.2 Å². The fraction of sp³-hybridized carbons (Fsp3) is 0.375. The lowest BCUT2D eigenvalue weighted by molar-refractivity contribution is -0.147. The molecule has 1 aromatic carbocycles. The summed E-state index contributed by atoms with van der Waals surface area (Å²) < 4.78 is 4.90. The van der Waals surface area contributed by atoms with Crippen molar-refractivity contribution in [1.82, 2.24) is 19.9 Å². The zero-order valence-electron chi connectivity index (χ0n) is 14.7. The molecule has 0 saturated carbocycles. The number of phenolic OH excluding ortho intramolecular Hbond substituents is 1. The molecule has 0 aliphatic heterocycles. The molecule has 0 bridgehead atoms. The van der Waals surface area contributed by atoms with E-state index in [0.29, 0.717) is 17.3 Å². The van der Waals surface area contributed by atoms with Gasteiger partial charge in [0.1, 0.15) is 17.6 Å². The van der Waals surface area contributed by atoms with Gasteiger partial charge in [-0.25, -0.2) is 4.79 Å². The van der Waals surface area contributed by atoms with Gasteiger partial charge >= 0.3 is 5.97 Å². The summed E-state index contributed by atoms with van der Waals surface area (Å²) in [5, 5.41) is 9.70. The van der Waals surface area contributed by atoms with E-state index >= 15 is 0 Å². The summed E-state index contributed by atoms with van der Waals surface area (Å²) in [4.78, 5) is 28.2. The van der Waals surface area contributed by atoms with Crippen LogP contribution >= 0.6 is 0 Å². The number of benzene rings is 1. The highest BCUT2D eigenvalue weighted by Gasteiger charge is 2.27. The predicted molar refractivity (Wildman–Crippen MR) is 92.9 cm³/mol. The Balaban J connectivity index is 2.31. The van der Waals surface area contributed by atoms with Crippen molar-refractivity contribution < 1.29 is 14.6 Å². The standard InChI is InChI=1S/C16H22N6O3/c1-21(2)16-19-12(18-15(17)20-16)9-22(3)13(14(24)25-4)10-6-5-7-11(23)8-10/h5-8,13,23H,9H2,1-4H3,(H2,17,18,19,20)/t13-/m0/s1. The number of likely N-dealkylation sites (N-methyl/N-ethyl adjacent to an activating group) is 1. The molecule has 0 amide bonds. The molecule has 25 heavy (non-hydrogen) atoms. The summed E-state index contributed by atoms with van der Waals surface area (Å²) in [7, 11) is 6.65. The molecule has 9 nitrogen and oxygen atoms in total. The van der Waals surface area contributed by atoms with E-state index < -0.39 is 12.0 Å². The maximum atomic E-state index is 12.3. The number of nitrogen functional groups attached to an aromatic ring is 1. The van der Waals surface area contributed by atoms with Crippen LogP contribution in [0.15, 0.2) is 24.3 Å². The average molecular weight is 346 g/mol. The largest absolute Gasteiger partial charge is 0.508 e. The highest BCUT2D eigenvalue weighted by Crippen LogP contribution is 2.25. The molecule has 134 valence electrons. The van der Waals surface area contributed by atoms with Gasteiger partial charge in [-0.1, -0.05) is 12.1 Å². The lowest BCUT2D eigenvalue weighted by Gasteiger charge is -2.26. The van der Waals surface area contributed by atoms with E-state index in [4.69, 9.17) is 10.5 Å². The minimum Gasteiger partial charge on any atom is -0.508 e. The van der Waals surface area contributed by atoms with E-state index in [2.05, 4.69) is 15.0 Å². The second-order valence-electron chi connectivity index (χ2n) is 5.74. The van der Waals surface area contributed by atoms with Crippen LogP contribution < -0.4 is 10.6 Å². The minimum absolute atomic E-state index is 0.0686. The van der Waals surface area contributed by atoms with Gasteiger partial charge in [-0.05, 0) is 24.7 Å². The number of aromatic hydroxyl groups is 1. The molecule has 2 aromatic rings. The first-order valence-corrected chi connectivity index (χ1v) is 7.56. The molecule has 1 aromatic heterocycles. The maximum absolute atomic E-state index is 12.3. The number of esters is 1. The Morgan fingerprint density at radius 3 is 2.60 bits per heavy atom. The fourth-order valence-electron chi connectivity index (χ4n) is 2.39. The summed E-state index contributed by atoms with van der Waals surface area (Å²) >= 11 is 0. The van der Waals surface area contributed by atoms with E-state index in [0.717, 1.165) is 0 Å². The van der Waals surface area contributed by atoms with Crippen LogP contribution in [0.3, 0.4) is 0 Å². The number of methoxy groups -OCH3 is 1. The Bertz CT molecular complexity index is 752. The first-order chi connectivity index (χ1) is 11.8. The van der Waals surface area contributed by atoms with Gasteiger partial charge in [-0.3, -0.25) is 4.90 Å². The van der Waals surface area contributed by atoms with E-state index in [9.17, 15) is 9.90 Å². The maximum Gasteiger partial charge on any atom is 0.327 e. The first kappa shape index (κ1) is 18.4. The Hall–Kier alpha value is -2.94. The summed E-state index contributed by atoms with van der Waals surface area (Å²) in [6.45, 7) is 0.239. The van der Waals surface area contributed by atoms with Crippen LogP contribution in [0.25, 0.3) is 0 Å². The number of ether oxygens (including phenoxy) is 1. The third kappa shape index (κ3) is 4.54. The van der Waals surface area contributed by atoms with Crippen LogP contribution in [0.2, 0.25) is 0 Å². The van der Waals surface area contributed by atoms with Crippen LogP contribution in [-0.2, 0) is 16.1 Å². The number of aromatic nitrogens is 3. The molecular formula is C16H22N6O3. The van der Waals surface area contributed by atoms with Crippen molar-refractivity contribution in [2.75, 3.05) is 38.9 Å². The Morgan fingerprint density at radius 2 is 2.00 bits per heavy atom. The quantitative estimate of drug-likeness (QED) is 0.724. The number of carbonyl (C=O) groups is 1. The summed E-state index contributed by atoms with van der Waals surface area (Å²) in [5.41, 5.74) is 6.34. The second-order valence-corrected chi connectivity index (χ2v) is 5.74. The second kappa shape index (κ2) is 7.75. The van der Waals surface area contributed by atoms with Crippen molar-refractivity contribution in [3.63, 3.8) is 0 Å². The van der Waals surface area contributed by atoms with Gasteiger partial charge in [0.2, 0.25) is 11.9 Å². The molecule has 0 spiro atoms. The minimum atomic E-state index is -0.724. The molecule has 0 radical (unpaired) electrons. The van der Waals surface area contributed by atoms with E-state index in [-0.39, 0.29) is 18.2 Å². The van der Waals surface area contributed by atoms with Gasteiger partial charge in [0.25, 0.3) is 0 Å². The molecule has 0 aliphatic carbocycles. The highest BCUT2D eigenvalue weighted by atomic mass is 16.5. The number of hydrogen-bond acceptors (Lipinski definition) is 9. The third-order valence-electron chi connectivity index (χ3n) is 3.53. The normalized spacial score (nSPS) is 12.0. The van der Waals surface area contributed by atoms with Gasteiger partial charge < -0.3 is 20.5 Å². The Kier molecular flexibility index (Phi) is 5.71. The van der Waals surface area contributed by atoms with Crippen molar-refractivity contribution in [3.05, 3.63) is 35.7 Å². The molecule has 0 aliphatic rings. The summed E-state index contributed by atoms with van der Waals surface area (Å²) in [5.74, 6) is 0.576. The van der Waals surface area contributed by atoms with Gasteiger partial charge in [0.15, 0.2) is 0 Å². The number of phenols is 1. The molecule has 0 fully saturated rings. The highest BCUT2D eigenvalue weighted by molar-refractivity contribution is 5.77. The van der Waals surface area contributed by atoms with Crippen molar-refractivity contribution in [2.24, 2.45) is 0 Å². The van der Waals surface area contributed by atoms with E-state index in [1.54, 1.807) is 43.1 Å². The molecule has 9 heteroatoms. The van der Waals surface area contributed by atoms with Crippen LogP contribution in [0, 0.1) is 0 Å². The monoisotopic (exact) mass is 346 g/mol. The lowest BCUT2D eigenvalue weighted by Crippen LogP contribution is -2.32. The molecule has 1 atom stereocenters.